The Bertz CT molecular complexity index is 354. The van der Waals surface area contributed by atoms with Crippen molar-refractivity contribution in [3.05, 3.63) is 27.0 Å². The van der Waals surface area contributed by atoms with E-state index in [2.05, 4.69) is 4.98 Å². The molecule has 6 nitrogen and oxygen atoms in total. The molecule has 0 aromatic carbocycles. The Kier molecular flexibility index (Phi) is 4.94. The van der Waals surface area contributed by atoms with E-state index in [0.717, 1.165) is 0 Å². The maximum atomic E-state index is 10.8. The molecule has 0 aliphatic carbocycles. The highest BCUT2D eigenvalue weighted by molar-refractivity contribution is 5.11. The van der Waals surface area contributed by atoms with Gasteiger partial charge < -0.3 is 14.5 Å². The van der Waals surface area contributed by atoms with Gasteiger partial charge in [0.1, 0.15) is 6.79 Å². The second-order valence-electron chi connectivity index (χ2n) is 1.87. The van der Waals surface area contributed by atoms with Gasteiger partial charge in [0, 0.05) is 0 Å². The third-order valence-electron chi connectivity index (χ3n) is 1.09. The Morgan fingerprint density at radius 1 is 1.46 bits per heavy atom. The van der Waals surface area contributed by atoms with Gasteiger partial charge >= 0.3 is 5.69 Å². The van der Waals surface area contributed by atoms with Gasteiger partial charge in [0.05, 0.1) is 12.8 Å². The average Bonchev–Trinajstić information content (AvgIpc) is 2.14. The van der Waals surface area contributed by atoms with Crippen LogP contribution in [0.4, 0.5) is 0 Å². The molecule has 1 heterocycles. The summed E-state index contributed by atoms with van der Waals surface area (Å²) in [4.78, 5) is 33.6. The summed E-state index contributed by atoms with van der Waals surface area (Å²) in [7, 11) is 0. The van der Waals surface area contributed by atoms with Crippen LogP contribution in [0.3, 0.4) is 0 Å². The summed E-state index contributed by atoms with van der Waals surface area (Å²) in [5.74, 6) is 0.132. The first-order valence-electron chi connectivity index (χ1n) is 3.47. The molecule has 0 atom stereocenters. The maximum Gasteiger partial charge on any atom is 0.325 e. The molecular weight excluding hydrogens is 176 g/mol. The standard InChI is InChI=1S/C6H8N2O3.CH2O/c1-2-11-4-3-7-6(10)8-5(4)9;1-2/h3H,2H2,1H3,(H2,7,8,9,10);1H2. The maximum absolute atomic E-state index is 10.8. The van der Waals surface area contributed by atoms with Crippen LogP contribution < -0.4 is 16.0 Å². The van der Waals surface area contributed by atoms with E-state index in [4.69, 9.17) is 9.53 Å². The fourth-order valence-corrected chi connectivity index (χ4v) is 0.660. The molecule has 2 N–H and O–H groups in total. The van der Waals surface area contributed by atoms with Crippen molar-refractivity contribution in [3.8, 4) is 5.75 Å². The first kappa shape index (κ1) is 11.2. The molecule has 0 aliphatic rings. The van der Waals surface area contributed by atoms with Gasteiger partial charge in [0.15, 0.2) is 0 Å². The first-order chi connectivity index (χ1) is 6.24. The number of hydrogen-bond acceptors (Lipinski definition) is 4. The van der Waals surface area contributed by atoms with Gasteiger partial charge in [-0.15, -0.1) is 0 Å². The molecule has 0 unspecified atom stereocenters. The van der Waals surface area contributed by atoms with E-state index in [1.807, 2.05) is 11.8 Å². The fourth-order valence-electron chi connectivity index (χ4n) is 0.660. The van der Waals surface area contributed by atoms with Crippen LogP contribution in [0.2, 0.25) is 0 Å². The summed E-state index contributed by atoms with van der Waals surface area (Å²) in [5.41, 5.74) is -1.03. The molecule has 0 amide bonds. The highest BCUT2D eigenvalue weighted by Crippen LogP contribution is 1.93. The molecule has 1 aromatic rings. The SMILES string of the molecule is C=O.CCOc1c[nH]c(=O)[nH]c1=O. The van der Waals surface area contributed by atoms with Gasteiger partial charge in [0.2, 0.25) is 5.75 Å². The van der Waals surface area contributed by atoms with Crippen LogP contribution in [-0.4, -0.2) is 23.4 Å². The summed E-state index contributed by atoms with van der Waals surface area (Å²) in [5, 5.41) is 0. The van der Waals surface area contributed by atoms with E-state index >= 15 is 0 Å². The normalized spacial score (nSPS) is 8.38. The summed E-state index contributed by atoms with van der Waals surface area (Å²) in [6, 6.07) is 0. The topological polar surface area (TPSA) is 92.0 Å². The number of nitrogens with one attached hydrogen (secondary N) is 2. The van der Waals surface area contributed by atoms with Crippen LogP contribution in [0.25, 0.3) is 0 Å². The zero-order chi connectivity index (χ0) is 10.3. The number of hydrogen-bond donors (Lipinski definition) is 2. The predicted octanol–water partition coefficient (Wildman–Crippen LogP) is -0.723. The van der Waals surface area contributed by atoms with Gasteiger partial charge in [-0.2, -0.15) is 0 Å². The molecule has 0 radical (unpaired) electrons. The predicted molar refractivity (Wildman–Crippen MR) is 46.0 cm³/mol. The van der Waals surface area contributed by atoms with Crippen molar-refractivity contribution in [2.24, 2.45) is 0 Å². The van der Waals surface area contributed by atoms with Crippen molar-refractivity contribution in [1.29, 1.82) is 0 Å². The summed E-state index contributed by atoms with van der Waals surface area (Å²) < 4.78 is 4.88. The van der Waals surface area contributed by atoms with E-state index in [0.29, 0.717) is 6.61 Å². The van der Waals surface area contributed by atoms with Gasteiger partial charge in [-0.1, -0.05) is 0 Å². The van der Waals surface area contributed by atoms with Crippen molar-refractivity contribution in [3.63, 3.8) is 0 Å². The van der Waals surface area contributed by atoms with Crippen molar-refractivity contribution < 1.29 is 9.53 Å². The molecule has 0 saturated heterocycles. The van der Waals surface area contributed by atoms with Crippen LogP contribution in [0, 0.1) is 0 Å². The third kappa shape index (κ3) is 3.37. The Balaban J connectivity index is 0.000000671. The molecule has 0 spiro atoms. The molecule has 0 saturated carbocycles. The molecule has 0 aliphatic heterocycles. The Morgan fingerprint density at radius 3 is 2.54 bits per heavy atom. The van der Waals surface area contributed by atoms with Crippen LogP contribution >= 0.6 is 0 Å². The second-order valence-corrected chi connectivity index (χ2v) is 1.87. The highest BCUT2D eigenvalue weighted by Gasteiger charge is 1.97. The van der Waals surface area contributed by atoms with Crippen molar-refractivity contribution in [1.82, 2.24) is 9.97 Å². The number of rotatable bonds is 2. The summed E-state index contributed by atoms with van der Waals surface area (Å²) in [6.07, 6.45) is 1.24. The van der Waals surface area contributed by atoms with E-state index in [1.54, 1.807) is 6.92 Å². The number of carbonyl (C=O) groups is 1. The average molecular weight is 186 g/mol. The highest BCUT2D eigenvalue weighted by atomic mass is 16.5. The molecule has 0 bridgehead atoms. The molecule has 1 aromatic heterocycles. The molecule has 6 heteroatoms. The minimum Gasteiger partial charge on any atom is -0.487 e. The number of ether oxygens (including phenoxy) is 1. The lowest BCUT2D eigenvalue weighted by Gasteiger charge is -1.97. The third-order valence-corrected chi connectivity index (χ3v) is 1.09. The number of carbonyl (C=O) groups excluding carboxylic acids is 1. The van der Waals surface area contributed by atoms with Crippen molar-refractivity contribution in [2.75, 3.05) is 6.61 Å². The largest absolute Gasteiger partial charge is 0.487 e. The molecule has 0 fully saturated rings. The van der Waals surface area contributed by atoms with Gasteiger partial charge in [0.25, 0.3) is 5.56 Å². The lowest BCUT2D eigenvalue weighted by atomic mass is 10.6. The first-order valence-corrected chi connectivity index (χ1v) is 3.47. The smallest absolute Gasteiger partial charge is 0.325 e. The zero-order valence-corrected chi connectivity index (χ0v) is 7.12. The van der Waals surface area contributed by atoms with E-state index < -0.39 is 11.2 Å². The second kappa shape index (κ2) is 5.76. The molecule has 1 rings (SSSR count). The minimum absolute atomic E-state index is 0.132. The molecular formula is C7H10N2O4. The molecule has 72 valence electrons. The van der Waals surface area contributed by atoms with E-state index in [9.17, 15) is 9.59 Å². The Labute approximate surface area is 73.6 Å². The van der Waals surface area contributed by atoms with Crippen molar-refractivity contribution in [2.45, 2.75) is 6.92 Å². The zero-order valence-electron chi connectivity index (χ0n) is 7.12. The lowest BCUT2D eigenvalue weighted by Crippen LogP contribution is -2.22. The lowest BCUT2D eigenvalue weighted by molar-refractivity contribution is -0.0979. The van der Waals surface area contributed by atoms with Crippen LogP contribution in [-0.2, 0) is 4.79 Å². The monoisotopic (exact) mass is 186 g/mol. The Morgan fingerprint density at radius 2 is 2.08 bits per heavy atom. The van der Waals surface area contributed by atoms with Gasteiger partial charge in [-0.3, -0.25) is 9.78 Å². The quantitative estimate of drug-likeness (QED) is 0.637. The number of aromatic nitrogens is 2. The van der Waals surface area contributed by atoms with E-state index in [-0.39, 0.29) is 5.75 Å². The number of H-pyrrole nitrogens is 2. The number of aromatic amines is 2. The minimum atomic E-state index is -0.529. The van der Waals surface area contributed by atoms with E-state index in [1.165, 1.54) is 6.20 Å². The van der Waals surface area contributed by atoms with Crippen molar-refractivity contribution >= 4 is 6.79 Å². The van der Waals surface area contributed by atoms with Crippen LogP contribution in [0.1, 0.15) is 6.92 Å². The summed E-state index contributed by atoms with van der Waals surface area (Å²) >= 11 is 0. The molecule has 13 heavy (non-hydrogen) atoms. The van der Waals surface area contributed by atoms with Gasteiger partial charge in [-0.05, 0) is 6.92 Å². The fraction of sp³-hybridized carbons (Fsp3) is 0.286. The Hall–Kier alpha value is -1.85. The summed E-state index contributed by atoms with van der Waals surface area (Å²) in [6.45, 7) is 4.15. The van der Waals surface area contributed by atoms with Crippen LogP contribution in [0.5, 0.6) is 5.75 Å². The van der Waals surface area contributed by atoms with Gasteiger partial charge in [-0.25, -0.2) is 4.79 Å². The van der Waals surface area contributed by atoms with Crippen LogP contribution in [0.15, 0.2) is 15.8 Å².